The number of carbonyl (C=O) groups is 1. The summed E-state index contributed by atoms with van der Waals surface area (Å²) in [4.78, 5) is 18.6. The van der Waals surface area contributed by atoms with Crippen molar-refractivity contribution in [1.29, 1.82) is 0 Å². The molecule has 210 valence electrons. The Labute approximate surface area is 233 Å². The van der Waals surface area contributed by atoms with Crippen LogP contribution in [0.3, 0.4) is 0 Å². The van der Waals surface area contributed by atoms with E-state index in [4.69, 9.17) is 17.1 Å². The van der Waals surface area contributed by atoms with E-state index in [0.29, 0.717) is 41.1 Å². The maximum atomic E-state index is 10.5. The minimum atomic E-state index is -0.0687. The summed E-state index contributed by atoms with van der Waals surface area (Å²) < 4.78 is 0.843. The minimum Gasteiger partial charge on any atom is -0.393 e. The van der Waals surface area contributed by atoms with Gasteiger partial charge in [-0.25, -0.2) is 5.48 Å². The molecule has 4 fully saturated rings. The molecule has 0 bridgehead atoms. The first kappa shape index (κ1) is 29.2. The highest BCUT2D eigenvalue weighted by atomic mass is 32.1. The Balaban J connectivity index is 0.000000469. The van der Waals surface area contributed by atoms with Gasteiger partial charge in [0.05, 0.1) is 12.7 Å². The lowest BCUT2D eigenvalue weighted by atomic mass is 9.38. The molecule has 7 heteroatoms. The topological polar surface area (TPSA) is 74.3 Å². The molecule has 0 radical (unpaired) electrons. The highest BCUT2D eigenvalue weighted by Crippen LogP contribution is 2.74. The van der Waals surface area contributed by atoms with Gasteiger partial charge in [-0.2, -0.15) is 0 Å². The third kappa shape index (κ3) is 5.36. The van der Waals surface area contributed by atoms with Crippen LogP contribution in [0.1, 0.15) is 98.8 Å². The standard InChI is InChI=1S/C27H47NO3.C3H3NS2/c1-6-19-15-24-22(25(3)11-7-20(30)16-23(19)25)9-13-26(4)21(8-12-27(24,26)5)18(2)10-14-31-28-17-29;5-3-4-1-2-6-3/h17-24,30H,6-16H2,1-5H3,(H,28,29);1-2H,(H,4,5)/t18-,19+,20-,21?,22?,23?,24?,25?,26?,27?;/m1./s1. The van der Waals surface area contributed by atoms with E-state index in [-0.39, 0.29) is 6.10 Å². The van der Waals surface area contributed by atoms with Gasteiger partial charge in [0.1, 0.15) is 0 Å². The number of aromatic nitrogens is 1. The van der Waals surface area contributed by atoms with Crippen LogP contribution in [0.2, 0.25) is 0 Å². The number of nitrogens with one attached hydrogen (secondary N) is 2. The van der Waals surface area contributed by atoms with Crippen LogP contribution in [0.5, 0.6) is 0 Å². The number of hydroxylamine groups is 1. The molecule has 37 heavy (non-hydrogen) atoms. The van der Waals surface area contributed by atoms with Crippen LogP contribution in [-0.4, -0.2) is 29.2 Å². The van der Waals surface area contributed by atoms with Crippen molar-refractivity contribution in [3.05, 3.63) is 15.5 Å². The monoisotopic (exact) mass is 550 g/mol. The van der Waals surface area contributed by atoms with Gasteiger partial charge >= 0.3 is 0 Å². The predicted molar refractivity (Wildman–Crippen MR) is 153 cm³/mol. The molecule has 4 aliphatic carbocycles. The lowest BCUT2D eigenvalue weighted by molar-refractivity contribution is -0.184. The van der Waals surface area contributed by atoms with Gasteiger partial charge in [-0.05, 0) is 122 Å². The Hall–Kier alpha value is -0.760. The zero-order chi connectivity index (χ0) is 26.8. The normalized spacial score (nSPS) is 43.4. The van der Waals surface area contributed by atoms with Gasteiger partial charge in [0.15, 0.2) is 3.95 Å². The molecule has 0 aliphatic heterocycles. The molecule has 1 heterocycles. The first-order valence-electron chi connectivity index (χ1n) is 14.7. The van der Waals surface area contributed by atoms with Crippen molar-refractivity contribution in [2.45, 2.75) is 105 Å². The van der Waals surface area contributed by atoms with Gasteiger partial charge in [-0.3, -0.25) is 9.63 Å². The molecule has 0 aromatic carbocycles. The molecule has 1 amide bonds. The number of thiazole rings is 1. The van der Waals surface area contributed by atoms with Gasteiger partial charge in [-0.1, -0.05) is 41.0 Å². The number of H-pyrrole nitrogens is 1. The van der Waals surface area contributed by atoms with Crippen molar-refractivity contribution in [2.75, 3.05) is 6.61 Å². The van der Waals surface area contributed by atoms with Crippen molar-refractivity contribution in [1.82, 2.24) is 10.5 Å². The number of aliphatic hydroxyl groups excluding tert-OH is 1. The number of hydrogen-bond donors (Lipinski definition) is 3. The Morgan fingerprint density at radius 2 is 1.92 bits per heavy atom. The number of carbonyl (C=O) groups excluding carboxylic acids is 1. The average Bonchev–Trinajstić information content (AvgIpc) is 3.46. The third-order valence-corrected chi connectivity index (χ3v) is 13.2. The zero-order valence-electron chi connectivity index (χ0n) is 23.6. The molecule has 3 N–H and O–H groups in total. The van der Waals surface area contributed by atoms with Crippen LogP contribution in [0.4, 0.5) is 0 Å². The number of aromatic amines is 1. The fourth-order valence-electron chi connectivity index (χ4n) is 10.0. The largest absolute Gasteiger partial charge is 0.393 e. The van der Waals surface area contributed by atoms with Gasteiger partial charge in [0.2, 0.25) is 6.41 Å². The molecule has 7 unspecified atom stereocenters. The molecular formula is C30H50N2O3S2. The van der Waals surface area contributed by atoms with Crippen LogP contribution < -0.4 is 5.48 Å². The van der Waals surface area contributed by atoms with Crippen LogP contribution in [0.15, 0.2) is 11.6 Å². The Morgan fingerprint density at radius 3 is 2.54 bits per heavy atom. The first-order valence-corrected chi connectivity index (χ1v) is 16.0. The van der Waals surface area contributed by atoms with Gasteiger partial charge in [0, 0.05) is 11.6 Å². The Kier molecular flexibility index (Phi) is 9.30. The summed E-state index contributed by atoms with van der Waals surface area (Å²) >= 11 is 6.25. The van der Waals surface area contributed by atoms with Crippen LogP contribution in [0.25, 0.3) is 0 Å². The predicted octanol–water partition coefficient (Wildman–Crippen LogP) is 7.54. The van der Waals surface area contributed by atoms with Crippen LogP contribution >= 0.6 is 23.6 Å². The van der Waals surface area contributed by atoms with Crippen molar-refractivity contribution < 1.29 is 14.7 Å². The van der Waals surface area contributed by atoms with Crippen LogP contribution in [-0.2, 0) is 9.63 Å². The molecule has 5 rings (SSSR count). The fraction of sp³-hybridized carbons (Fsp3) is 0.867. The van der Waals surface area contributed by atoms with E-state index in [1.165, 1.54) is 56.3 Å². The van der Waals surface area contributed by atoms with E-state index in [1.807, 2.05) is 11.6 Å². The van der Waals surface area contributed by atoms with E-state index in [1.54, 1.807) is 0 Å². The van der Waals surface area contributed by atoms with E-state index < -0.39 is 0 Å². The Morgan fingerprint density at radius 1 is 1.16 bits per heavy atom. The van der Waals surface area contributed by atoms with Crippen molar-refractivity contribution in [3.63, 3.8) is 0 Å². The maximum absolute atomic E-state index is 10.5. The average molecular weight is 551 g/mol. The number of hydrogen-bond acceptors (Lipinski definition) is 5. The summed E-state index contributed by atoms with van der Waals surface area (Å²) in [5.74, 6) is 4.53. The van der Waals surface area contributed by atoms with Crippen molar-refractivity contribution in [3.8, 4) is 0 Å². The second kappa shape index (κ2) is 11.8. The second-order valence-corrected chi connectivity index (χ2v) is 15.0. The summed E-state index contributed by atoms with van der Waals surface area (Å²) in [6.07, 6.45) is 14.8. The summed E-state index contributed by atoms with van der Waals surface area (Å²) in [6, 6.07) is 0. The number of aliphatic hydroxyl groups is 1. The SMILES string of the molecule is CC[C@H]1CC2C(CCC3(C)C([C@H](C)CCONC=O)CCC23C)C2(C)CC[C@@H](O)CC12.S=c1[nH]ccs1. The first-order chi connectivity index (χ1) is 17.6. The molecule has 0 spiro atoms. The lowest BCUT2D eigenvalue weighted by Gasteiger charge is -2.66. The minimum absolute atomic E-state index is 0.0687. The molecule has 10 atom stereocenters. The van der Waals surface area contributed by atoms with Gasteiger partial charge < -0.3 is 10.1 Å². The van der Waals surface area contributed by atoms with E-state index in [9.17, 15) is 9.90 Å². The van der Waals surface area contributed by atoms with Crippen molar-refractivity contribution in [2.24, 2.45) is 51.8 Å². The molecule has 5 nitrogen and oxygen atoms in total. The number of fused-ring (bicyclic) bond motifs is 5. The summed E-state index contributed by atoms with van der Waals surface area (Å²) in [5.41, 5.74) is 3.60. The zero-order valence-corrected chi connectivity index (χ0v) is 25.3. The quantitative estimate of drug-likeness (QED) is 0.142. The molecule has 1 aromatic heterocycles. The van der Waals surface area contributed by atoms with Gasteiger partial charge in [-0.15, -0.1) is 11.3 Å². The molecule has 1 aromatic rings. The van der Waals surface area contributed by atoms with E-state index in [2.05, 4.69) is 45.1 Å². The van der Waals surface area contributed by atoms with E-state index in [0.717, 1.165) is 46.9 Å². The highest BCUT2D eigenvalue weighted by molar-refractivity contribution is 7.73. The maximum Gasteiger partial charge on any atom is 0.230 e. The van der Waals surface area contributed by atoms with Gasteiger partial charge in [0.25, 0.3) is 0 Å². The summed E-state index contributed by atoms with van der Waals surface area (Å²) in [7, 11) is 0. The molecule has 0 saturated heterocycles. The third-order valence-electron chi connectivity index (χ3n) is 12.2. The summed E-state index contributed by atoms with van der Waals surface area (Å²) in [6.45, 7) is 13.3. The highest BCUT2D eigenvalue weighted by Gasteiger charge is 2.66. The second-order valence-electron chi connectivity index (χ2n) is 13.4. The smallest absolute Gasteiger partial charge is 0.230 e. The van der Waals surface area contributed by atoms with Crippen LogP contribution in [0, 0.1) is 55.7 Å². The number of amides is 1. The molecule has 4 aliphatic rings. The fourth-order valence-corrected chi connectivity index (χ4v) is 10.7. The van der Waals surface area contributed by atoms with E-state index >= 15 is 0 Å². The molecular weight excluding hydrogens is 500 g/mol. The molecule has 4 saturated carbocycles. The van der Waals surface area contributed by atoms with Crippen molar-refractivity contribution >= 4 is 30.0 Å². The lowest BCUT2D eigenvalue weighted by Crippen LogP contribution is -2.60. The summed E-state index contributed by atoms with van der Waals surface area (Å²) in [5, 5.41) is 12.4. The number of rotatable bonds is 7. The Bertz CT molecular complexity index is 935.